The van der Waals surface area contributed by atoms with Crippen LogP contribution >= 0.6 is 0 Å². The lowest BCUT2D eigenvalue weighted by molar-refractivity contribution is -0.230. The molecule has 4 atom stereocenters. The van der Waals surface area contributed by atoms with Gasteiger partial charge in [-0.05, 0) is 118 Å². The minimum absolute atomic E-state index is 0.105. The van der Waals surface area contributed by atoms with Crippen molar-refractivity contribution in [2.75, 3.05) is 0 Å². The summed E-state index contributed by atoms with van der Waals surface area (Å²) in [7, 11) is 0. The van der Waals surface area contributed by atoms with Crippen LogP contribution in [-0.2, 0) is 10.2 Å². The maximum Gasteiger partial charge on any atom is 0.309 e. The van der Waals surface area contributed by atoms with Crippen molar-refractivity contribution in [3.8, 4) is 0 Å². The standard InChI is InChI=1S/C29H34N2O2/c32-25(33)27-9-20-6-21(10-27)14-29(13-20,17-27)28-11-18-5-19(12-28)8-26(7-18,16-28)24-30-15-22-3-1-2-4-23(22)31-24/h1-4,15,18-21H,5-14,16-17H2,(H,32,33). The summed E-state index contributed by atoms with van der Waals surface area (Å²) >= 11 is 0. The Balaban J connectivity index is 1.25. The molecule has 1 heterocycles. The Morgan fingerprint density at radius 3 is 2.09 bits per heavy atom. The topological polar surface area (TPSA) is 63.1 Å². The third-order valence-electron chi connectivity index (χ3n) is 11.7. The Morgan fingerprint density at radius 2 is 1.42 bits per heavy atom. The van der Waals surface area contributed by atoms with Gasteiger partial charge in [0, 0.05) is 17.0 Å². The van der Waals surface area contributed by atoms with Crippen molar-refractivity contribution in [1.29, 1.82) is 0 Å². The first-order chi connectivity index (χ1) is 15.9. The molecule has 1 N–H and O–H groups in total. The van der Waals surface area contributed by atoms with Crippen molar-refractivity contribution in [1.82, 2.24) is 9.97 Å². The molecule has 0 saturated heterocycles. The lowest BCUT2D eigenvalue weighted by Gasteiger charge is -2.73. The van der Waals surface area contributed by atoms with Crippen molar-refractivity contribution >= 4 is 16.9 Å². The maximum atomic E-state index is 12.6. The highest BCUT2D eigenvalue weighted by Crippen LogP contribution is 2.78. The van der Waals surface area contributed by atoms with Crippen LogP contribution in [0.4, 0.5) is 0 Å². The molecular weight excluding hydrogens is 408 g/mol. The number of benzene rings is 1. The first-order valence-corrected chi connectivity index (χ1v) is 13.4. The van der Waals surface area contributed by atoms with Crippen LogP contribution in [-0.4, -0.2) is 21.0 Å². The number of aliphatic carboxylic acids is 1. The number of rotatable bonds is 3. The molecule has 2 aromatic rings. The third-order valence-corrected chi connectivity index (χ3v) is 11.7. The number of carboxylic acids is 1. The third kappa shape index (κ3) is 2.41. The largest absolute Gasteiger partial charge is 0.481 e. The molecule has 1 aromatic carbocycles. The molecule has 0 amide bonds. The van der Waals surface area contributed by atoms with E-state index in [0.717, 1.165) is 47.8 Å². The van der Waals surface area contributed by atoms with Gasteiger partial charge in [0.1, 0.15) is 5.82 Å². The van der Waals surface area contributed by atoms with Crippen LogP contribution < -0.4 is 0 Å². The van der Waals surface area contributed by atoms with E-state index in [1.807, 2.05) is 6.20 Å². The van der Waals surface area contributed by atoms with Crippen LogP contribution in [0.3, 0.4) is 0 Å². The summed E-state index contributed by atoms with van der Waals surface area (Å²) in [6.45, 7) is 0. The summed E-state index contributed by atoms with van der Waals surface area (Å²) in [4.78, 5) is 22.8. The smallest absolute Gasteiger partial charge is 0.309 e. The van der Waals surface area contributed by atoms with Gasteiger partial charge in [-0.15, -0.1) is 0 Å². The van der Waals surface area contributed by atoms with Crippen LogP contribution in [0, 0.1) is 39.9 Å². The number of fused-ring (bicyclic) bond motifs is 1. The Labute approximate surface area is 195 Å². The fourth-order valence-electron chi connectivity index (χ4n) is 11.5. The van der Waals surface area contributed by atoms with Gasteiger partial charge in [0.05, 0.1) is 10.9 Å². The lowest BCUT2D eigenvalue weighted by atomic mass is 9.31. The van der Waals surface area contributed by atoms with E-state index in [0.29, 0.717) is 17.3 Å². The fraction of sp³-hybridized carbons (Fsp3) is 0.690. The summed E-state index contributed by atoms with van der Waals surface area (Å²) < 4.78 is 0. The van der Waals surface area contributed by atoms with Crippen molar-refractivity contribution < 1.29 is 9.90 Å². The molecule has 172 valence electrons. The summed E-state index contributed by atoms with van der Waals surface area (Å²) in [6.07, 6.45) is 16.5. The highest BCUT2D eigenvalue weighted by molar-refractivity contribution is 5.77. The van der Waals surface area contributed by atoms with Gasteiger partial charge in [-0.25, -0.2) is 9.97 Å². The number of nitrogens with zero attached hydrogens (tertiary/aromatic N) is 2. The summed E-state index contributed by atoms with van der Waals surface area (Å²) in [5, 5.41) is 11.5. The normalized spacial score (nSPS) is 49.1. The zero-order chi connectivity index (χ0) is 22.1. The molecule has 0 radical (unpaired) electrons. The molecule has 8 aliphatic rings. The quantitative estimate of drug-likeness (QED) is 0.620. The first kappa shape index (κ1) is 19.3. The van der Waals surface area contributed by atoms with Gasteiger partial charge in [0.2, 0.25) is 0 Å². The number of carbonyl (C=O) groups is 1. The molecule has 10 rings (SSSR count). The molecule has 0 aliphatic heterocycles. The van der Waals surface area contributed by atoms with E-state index in [2.05, 4.69) is 24.3 Å². The molecule has 8 fully saturated rings. The van der Waals surface area contributed by atoms with E-state index in [4.69, 9.17) is 9.97 Å². The van der Waals surface area contributed by atoms with Crippen LogP contribution in [0.25, 0.3) is 10.9 Å². The predicted molar refractivity (Wildman–Crippen MR) is 126 cm³/mol. The van der Waals surface area contributed by atoms with Crippen LogP contribution in [0.1, 0.15) is 82.9 Å². The summed E-state index contributed by atoms with van der Waals surface area (Å²) in [6, 6.07) is 8.39. The van der Waals surface area contributed by atoms with Gasteiger partial charge in [0.25, 0.3) is 0 Å². The molecule has 8 aliphatic carbocycles. The van der Waals surface area contributed by atoms with Gasteiger partial charge < -0.3 is 5.11 Å². The monoisotopic (exact) mass is 442 g/mol. The van der Waals surface area contributed by atoms with Crippen LogP contribution in [0.2, 0.25) is 0 Å². The molecule has 1 aromatic heterocycles. The Morgan fingerprint density at radius 1 is 0.818 bits per heavy atom. The highest BCUT2D eigenvalue weighted by atomic mass is 16.4. The van der Waals surface area contributed by atoms with Gasteiger partial charge in [-0.1, -0.05) is 18.2 Å². The molecule has 33 heavy (non-hydrogen) atoms. The molecule has 4 unspecified atom stereocenters. The van der Waals surface area contributed by atoms with E-state index in [1.165, 1.54) is 57.8 Å². The van der Waals surface area contributed by atoms with Crippen LogP contribution in [0.15, 0.2) is 30.5 Å². The van der Waals surface area contributed by atoms with Gasteiger partial charge in [-0.3, -0.25) is 4.79 Å². The molecular formula is C29H34N2O2. The Kier molecular flexibility index (Phi) is 3.51. The minimum atomic E-state index is -0.488. The fourth-order valence-corrected chi connectivity index (χ4v) is 11.5. The molecule has 0 spiro atoms. The maximum absolute atomic E-state index is 12.6. The van der Waals surface area contributed by atoms with E-state index in [-0.39, 0.29) is 10.8 Å². The Hall–Kier alpha value is -1.97. The summed E-state index contributed by atoms with van der Waals surface area (Å²) in [5.41, 5.74) is 1.31. The van der Waals surface area contributed by atoms with Gasteiger partial charge in [-0.2, -0.15) is 0 Å². The SMILES string of the molecule is O=C(O)C12CC3CC(C1)CC(C14CC5CC(CC(c6ncc7ccccc7n6)(C5)C1)C4)(C3)C2. The van der Waals surface area contributed by atoms with E-state index in [9.17, 15) is 9.90 Å². The average Bonchev–Trinajstić information content (AvgIpc) is 2.77. The van der Waals surface area contributed by atoms with Crippen molar-refractivity contribution in [3.63, 3.8) is 0 Å². The second-order valence-electron chi connectivity index (χ2n) is 13.6. The highest BCUT2D eigenvalue weighted by Gasteiger charge is 2.71. The number of carboxylic acid groups (broad SMARTS) is 1. The number of hydrogen-bond donors (Lipinski definition) is 1. The zero-order valence-corrected chi connectivity index (χ0v) is 19.4. The zero-order valence-electron chi connectivity index (χ0n) is 19.4. The van der Waals surface area contributed by atoms with Crippen LogP contribution in [0.5, 0.6) is 0 Å². The van der Waals surface area contributed by atoms with E-state index >= 15 is 0 Å². The minimum Gasteiger partial charge on any atom is -0.481 e. The van der Waals surface area contributed by atoms with E-state index in [1.54, 1.807) is 0 Å². The number of aromatic nitrogens is 2. The second kappa shape index (κ2) is 5.98. The van der Waals surface area contributed by atoms with Crippen molar-refractivity contribution in [3.05, 3.63) is 36.3 Å². The number of para-hydroxylation sites is 1. The first-order valence-electron chi connectivity index (χ1n) is 13.4. The predicted octanol–water partition coefficient (Wildman–Crippen LogP) is 6.14. The summed E-state index contributed by atoms with van der Waals surface area (Å²) in [5.74, 6) is 3.44. The molecule has 8 saturated carbocycles. The van der Waals surface area contributed by atoms with Crippen molar-refractivity contribution in [2.45, 2.75) is 82.5 Å². The van der Waals surface area contributed by atoms with Crippen molar-refractivity contribution in [2.24, 2.45) is 39.9 Å². The van der Waals surface area contributed by atoms with E-state index < -0.39 is 11.4 Å². The number of hydrogen-bond acceptors (Lipinski definition) is 3. The Bertz CT molecular complexity index is 1160. The molecule has 8 bridgehead atoms. The lowest BCUT2D eigenvalue weighted by Crippen LogP contribution is -2.66. The average molecular weight is 443 g/mol. The molecule has 4 heteroatoms. The van der Waals surface area contributed by atoms with Gasteiger partial charge >= 0.3 is 5.97 Å². The second-order valence-corrected chi connectivity index (χ2v) is 13.6. The molecule has 4 nitrogen and oxygen atoms in total. The van der Waals surface area contributed by atoms with Gasteiger partial charge in [0.15, 0.2) is 0 Å².